The summed E-state index contributed by atoms with van der Waals surface area (Å²) in [5, 5.41) is 9.45. The number of hydrogen-bond acceptors (Lipinski definition) is 3. The molecule has 1 N–H and O–H groups in total. The van der Waals surface area contributed by atoms with E-state index in [-0.39, 0.29) is 0 Å². The van der Waals surface area contributed by atoms with Crippen molar-refractivity contribution in [3.05, 3.63) is 48.0 Å². The lowest BCUT2D eigenvalue weighted by atomic mass is 10.2. The third-order valence-corrected chi connectivity index (χ3v) is 3.46. The van der Waals surface area contributed by atoms with Crippen molar-refractivity contribution >= 4 is 11.8 Å². The minimum Gasteiger partial charge on any atom is -0.508 e. The smallest absolute Gasteiger partial charge is 0.118 e. The molecule has 0 heterocycles. The van der Waals surface area contributed by atoms with Gasteiger partial charge in [0.1, 0.15) is 11.5 Å². The van der Waals surface area contributed by atoms with Crippen molar-refractivity contribution in [3.63, 3.8) is 0 Å². The molecule has 88 valence electrons. The number of benzene rings is 2. The van der Waals surface area contributed by atoms with E-state index in [0.29, 0.717) is 5.75 Å². The summed E-state index contributed by atoms with van der Waals surface area (Å²) >= 11 is 1.66. The van der Waals surface area contributed by atoms with Gasteiger partial charge in [-0.2, -0.15) is 0 Å². The van der Waals surface area contributed by atoms with Crippen molar-refractivity contribution in [2.24, 2.45) is 0 Å². The van der Waals surface area contributed by atoms with Gasteiger partial charge in [-0.25, -0.2) is 0 Å². The van der Waals surface area contributed by atoms with E-state index in [1.54, 1.807) is 24.9 Å². The SMILES string of the molecule is COc1ccc(Sc2ccc(O)c(C)c2)cc1. The first-order chi connectivity index (χ1) is 8.19. The Morgan fingerprint density at radius 1 is 1.00 bits per heavy atom. The summed E-state index contributed by atoms with van der Waals surface area (Å²) in [5.74, 6) is 1.19. The summed E-state index contributed by atoms with van der Waals surface area (Å²) in [6.45, 7) is 1.90. The molecule has 0 unspecified atom stereocenters. The Bertz CT molecular complexity index is 506. The number of rotatable bonds is 3. The Balaban J connectivity index is 2.16. The fourth-order valence-corrected chi connectivity index (χ4v) is 2.39. The molecular formula is C14H14O2S. The van der Waals surface area contributed by atoms with E-state index in [0.717, 1.165) is 21.1 Å². The maximum atomic E-state index is 9.45. The molecule has 0 aliphatic heterocycles. The number of aryl methyl sites for hydroxylation is 1. The Morgan fingerprint density at radius 3 is 2.24 bits per heavy atom. The molecule has 0 spiro atoms. The average molecular weight is 246 g/mol. The van der Waals surface area contributed by atoms with Crippen LogP contribution in [0.25, 0.3) is 0 Å². The number of aromatic hydroxyl groups is 1. The Kier molecular flexibility index (Phi) is 3.59. The first-order valence-corrected chi connectivity index (χ1v) is 6.12. The zero-order valence-electron chi connectivity index (χ0n) is 9.81. The maximum absolute atomic E-state index is 9.45. The third-order valence-electron chi connectivity index (χ3n) is 2.46. The molecule has 0 radical (unpaired) electrons. The molecule has 0 bridgehead atoms. The van der Waals surface area contributed by atoms with Gasteiger partial charge in [-0.05, 0) is 55.0 Å². The van der Waals surface area contributed by atoms with Crippen molar-refractivity contribution in [1.82, 2.24) is 0 Å². The van der Waals surface area contributed by atoms with Crippen LogP contribution in [0.1, 0.15) is 5.56 Å². The molecule has 0 saturated carbocycles. The first-order valence-electron chi connectivity index (χ1n) is 5.30. The van der Waals surface area contributed by atoms with Crippen LogP contribution in [0, 0.1) is 6.92 Å². The highest BCUT2D eigenvalue weighted by molar-refractivity contribution is 7.99. The first kappa shape index (κ1) is 11.9. The molecule has 0 saturated heterocycles. The van der Waals surface area contributed by atoms with Crippen molar-refractivity contribution in [1.29, 1.82) is 0 Å². The van der Waals surface area contributed by atoms with Crippen LogP contribution in [-0.2, 0) is 0 Å². The van der Waals surface area contributed by atoms with Crippen LogP contribution in [0.15, 0.2) is 52.3 Å². The zero-order chi connectivity index (χ0) is 12.3. The van der Waals surface area contributed by atoms with Crippen molar-refractivity contribution in [2.75, 3.05) is 7.11 Å². The molecule has 2 aromatic rings. The lowest BCUT2D eigenvalue weighted by Crippen LogP contribution is -1.81. The Hall–Kier alpha value is -1.61. The molecule has 0 atom stereocenters. The lowest BCUT2D eigenvalue weighted by molar-refractivity contribution is 0.414. The average Bonchev–Trinajstić information content (AvgIpc) is 2.35. The Morgan fingerprint density at radius 2 is 1.65 bits per heavy atom. The van der Waals surface area contributed by atoms with Crippen molar-refractivity contribution in [3.8, 4) is 11.5 Å². The third kappa shape index (κ3) is 2.94. The topological polar surface area (TPSA) is 29.5 Å². The van der Waals surface area contributed by atoms with Gasteiger partial charge in [-0.15, -0.1) is 0 Å². The molecular weight excluding hydrogens is 232 g/mol. The molecule has 0 amide bonds. The summed E-state index contributed by atoms with van der Waals surface area (Å²) < 4.78 is 5.11. The van der Waals surface area contributed by atoms with Gasteiger partial charge in [0.2, 0.25) is 0 Å². The van der Waals surface area contributed by atoms with Crippen LogP contribution in [0.2, 0.25) is 0 Å². The summed E-state index contributed by atoms with van der Waals surface area (Å²) in [6, 6.07) is 13.5. The second-order valence-corrected chi connectivity index (χ2v) is 4.87. The standard InChI is InChI=1S/C14H14O2S/c1-10-9-13(7-8-14(10)15)17-12-5-3-11(16-2)4-6-12/h3-9,15H,1-2H3. The van der Waals surface area contributed by atoms with Crippen LogP contribution in [0.4, 0.5) is 0 Å². The molecule has 0 aliphatic carbocycles. The molecule has 0 fully saturated rings. The van der Waals surface area contributed by atoms with E-state index < -0.39 is 0 Å². The summed E-state index contributed by atoms with van der Waals surface area (Å²) in [4.78, 5) is 2.27. The minimum atomic E-state index is 0.337. The van der Waals surface area contributed by atoms with Gasteiger partial charge < -0.3 is 9.84 Å². The number of methoxy groups -OCH3 is 1. The van der Waals surface area contributed by atoms with Crippen LogP contribution in [-0.4, -0.2) is 12.2 Å². The second-order valence-electron chi connectivity index (χ2n) is 3.73. The zero-order valence-corrected chi connectivity index (χ0v) is 10.6. The van der Waals surface area contributed by atoms with Gasteiger partial charge in [-0.3, -0.25) is 0 Å². The van der Waals surface area contributed by atoms with Gasteiger partial charge in [-0.1, -0.05) is 11.8 Å². The van der Waals surface area contributed by atoms with Gasteiger partial charge in [0, 0.05) is 9.79 Å². The van der Waals surface area contributed by atoms with Gasteiger partial charge in [0.25, 0.3) is 0 Å². The number of ether oxygens (including phenoxy) is 1. The molecule has 2 nitrogen and oxygen atoms in total. The van der Waals surface area contributed by atoms with Gasteiger partial charge >= 0.3 is 0 Å². The predicted octanol–water partition coefficient (Wildman–Crippen LogP) is 3.86. The summed E-state index contributed by atoms with van der Waals surface area (Å²) in [6.07, 6.45) is 0. The van der Waals surface area contributed by atoms with Gasteiger partial charge in [0.15, 0.2) is 0 Å². The van der Waals surface area contributed by atoms with Crippen LogP contribution >= 0.6 is 11.8 Å². The molecule has 0 aliphatic rings. The highest BCUT2D eigenvalue weighted by atomic mass is 32.2. The number of phenols is 1. The fourth-order valence-electron chi connectivity index (χ4n) is 1.47. The summed E-state index contributed by atoms with van der Waals surface area (Å²) in [7, 11) is 1.66. The minimum absolute atomic E-state index is 0.337. The molecule has 0 aromatic heterocycles. The molecule has 2 aromatic carbocycles. The molecule has 2 rings (SSSR count). The monoisotopic (exact) mass is 246 g/mol. The normalized spacial score (nSPS) is 10.2. The number of phenolic OH excluding ortho intramolecular Hbond substituents is 1. The Labute approximate surface area is 105 Å². The highest BCUT2D eigenvalue weighted by Gasteiger charge is 2.01. The lowest BCUT2D eigenvalue weighted by Gasteiger charge is -2.05. The van der Waals surface area contributed by atoms with E-state index in [1.807, 2.05) is 43.3 Å². The largest absolute Gasteiger partial charge is 0.508 e. The second kappa shape index (κ2) is 5.15. The van der Waals surface area contributed by atoms with E-state index in [1.165, 1.54) is 0 Å². The van der Waals surface area contributed by atoms with E-state index in [4.69, 9.17) is 4.74 Å². The fraction of sp³-hybridized carbons (Fsp3) is 0.143. The highest BCUT2D eigenvalue weighted by Crippen LogP contribution is 2.31. The van der Waals surface area contributed by atoms with E-state index in [2.05, 4.69) is 0 Å². The van der Waals surface area contributed by atoms with Crippen LogP contribution < -0.4 is 4.74 Å². The molecule has 17 heavy (non-hydrogen) atoms. The quantitative estimate of drug-likeness (QED) is 0.891. The van der Waals surface area contributed by atoms with Gasteiger partial charge in [0.05, 0.1) is 7.11 Å². The van der Waals surface area contributed by atoms with Crippen molar-refractivity contribution < 1.29 is 9.84 Å². The van der Waals surface area contributed by atoms with Crippen LogP contribution in [0.5, 0.6) is 11.5 Å². The van der Waals surface area contributed by atoms with Crippen LogP contribution in [0.3, 0.4) is 0 Å². The van der Waals surface area contributed by atoms with E-state index >= 15 is 0 Å². The van der Waals surface area contributed by atoms with Crippen molar-refractivity contribution in [2.45, 2.75) is 16.7 Å². The van der Waals surface area contributed by atoms with E-state index in [9.17, 15) is 5.11 Å². The maximum Gasteiger partial charge on any atom is 0.118 e. The summed E-state index contributed by atoms with van der Waals surface area (Å²) in [5.41, 5.74) is 0.892. The predicted molar refractivity (Wildman–Crippen MR) is 70.0 cm³/mol. The number of hydrogen-bond donors (Lipinski definition) is 1. The molecule has 3 heteroatoms.